The molecule has 1 heterocycles. The number of anilines is 1. The first-order valence-corrected chi connectivity index (χ1v) is 6.50. The quantitative estimate of drug-likeness (QED) is 0.819. The van der Waals surface area contributed by atoms with E-state index in [0.717, 1.165) is 25.7 Å². The fraction of sp³-hybridized carbons (Fsp3) is 0.615. The largest absolute Gasteiger partial charge is 0.464 e. The van der Waals surface area contributed by atoms with E-state index in [0.29, 0.717) is 17.9 Å². The van der Waals surface area contributed by atoms with Crippen LogP contribution in [0.3, 0.4) is 0 Å². The summed E-state index contributed by atoms with van der Waals surface area (Å²) < 4.78 is 4.65. The van der Waals surface area contributed by atoms with Crippen LogP contribution in [0, 0.1) is 0 Å². The Morgan fingerprint density at radius 2 is 2.05 bits per heavy atom. The Labute approximate surface area is 113 Å². The van der Waals surface area contributed by atoms with Gasteiger partial charge in [0.2, 0.25) is 0 Å². The van der Waals surface area contributed by atoms with Gasteiger partial charge in [-0.05, 0) is 25.7 Å². The van der Waals surface area contributed by atoms with E-state index in [9.17, 15) is 4.79 Å². The molecule has 0 aliphatic heterocycles. The van der Waals surface area contributed by atoms with Crippen LogP contribution < -0.4 is 10.6 Å². The maximum absolute atomic E-state index is 11.4. The maximum atomic E-state index is 11.4. The molecule has 1 aromatic rings. The van der Waals surface area contributed by atoms with E-state index in [1.165, 1.54) is 13.3 Å². The number of carbonyl (C=O) groups excluding carboxylic acids is 1. The van der Waals surface area contributed by atoms with Gasteiger partial charge in [-0.2, -0.15) is 0 Å². The number of esters is 1. The molecule has 104 valence electrons. The van der Waals surface area contributed by atoms with Crippen molar-refractivity contribution in [2.24, 2.45) is 5.73 Å². The average Bonchev–Trinajstić information content (AvgIpc) is 2.46. The summed E-state index contributed by atoms with van der Waals surface area (Å²) in [4.78, 5) is 21.9. The van der Waals surface area contributed by atoms with Crippen LogP contribution in [0.15, 0.2) is 12.4 Å². The van der Waals surface area contributed by atoms with E-state index in [-0.39, 0.29) is 5.69 Å². The summed E-state index contributed by atoms with van der Waals surface area (Å²) in [6.07, 6.45) is 7.22. The molecule has 0 unspecified atom stereocenters. The van der Waals surface area contributed by atoms with Crippen LogP contribution >= 0.6 is 0 Å². The highest BCUT2D eigenvalue weighted by molar-refractivity contribution is 5.87. The third-order valence-electron chi connectivity index (χ3n) is 3.67. The summed E-state index contributed by atoms with van der Waals surface area (Å²) in [5.41, 5.74) is 6.15. The maximum Gasteiger partial charge on any atom is 0.358 e. The molecule has 0 radical (unpaired) electrons. The van der Waals surface area contributed by atoms with E-state index >= 15 is 0 Å². The number of rotatable bonds is 3. The molecular formula is C13H20N4O2. The number of nitrogens with two attached hydrogens (primary N) is 1. The Kier molecular flexibility index (Phi) is 4.31. The van der Waals surface area contributed by atoms with Crippen molar-refractivity contribution >= 4 is 11.8 Å². The topological polar surface area (TPSA) is 81.3 Å². The summed E-state index contributed by atoms with van der Waals surface area (Å²) in [6.45, 7) is 0. The molecule has 0 saturated heterocycles. The van der Waals surface area contributed by atoms with Crippen molar-refractivity contribution in [3.05, 3.63) is 18.1 Å². The summed E-state index contributed by atoms with van der Waals surface area (Å²) >= 11 is 0. The molecular weight excluding hydrogens is 244 g/mol. The van der Waals surface area contributed by atoms with Crippen molar-refractivity contribution in [3.63, 3.8) is 0 Å². The molecule has 0 spiro atoms. The van der Waals surface area contributed by atoms with Gasteiger partial charge in [0.05, 0.1) is 19.5 Å². The predicted octanol–water partition coefficient (Wildman–Crippen LogP) is 0.969. The van der Waals surface area contributed by atoms with Crippen LogP contribution in [0.2, 0.25) is 0 Å². The number of nitrogens with zero attached hydrogens (tertiary/aromatic N) is 3. The lowest BCUT2D eigenvalue weighted by Gasteiger charge is -2.34. The van der Waals surface area contributed by atoms with Crippen molar-refractivity contribution in [1.29, 1.82) is 0 Å². The molecule has 0 amide bonds. The summed E-state index contributed by atoms with van der Waals surface area (Å²) in [7, 11) is 3.31. The lowest BCUT2D eigenvalue weighted by atomic mass is 9.91. The zero-order valence-electron chi connectivity index (χ0n) is 11.4. The van der Waals surface area contributed by atoms with Gasteiger partial charge in [-0.15, -0.1) is 0 Å². The van der Waals surface area contributed by atoms with Gasteiger partial charge in [-0.1, -0.05) is 0 Å². The normalized spacial score (nSPS) is 22.9. The van der Waals surface area contributed by atoms with Crippen molar-refractivity contribution in [1.82, 2.24) is 9.97 Å². The van der Waals surface area contributed by atoms with Crippen LogP contribution in [0.1, 0.15) is 36.2 Å². The number of hydrogen-bond acceptors (Lipinski definition) is 6. The zero-order chi connectivity index (χ0) is 13.8. The van der Waals surface area contributed by atoms with Gasteiger partial charge in [0.25, 0.3) is 0 Å². The number of hydrogen-bond donors (Lipinski definition) is 1. The number of aromatic nitrogens is 2. The lowest BCUT2D eigenvalue weighted by molar-refractivity contribution is 0.0593. The van der Waals surface area contributed by atoms with Crippen LogP contribution in [0.5, 0.6) is 0 Å². The third kappa shape index (κ3) is 3.20. The Balaban J connectivity index is 2.10. The van der Waals surface area contributed by atoms with Crippen molar-refractivity contribution < 1.29 is 9.53 Å². The van der Waals surface area contributed by atoms with Gasteiger partial charge in [-0.25, -0.2) is 9.78 Å². The fourth-order valence-corrected chi connectivity index (χ4v) is 2.40. The van der Waals surface area contributed by atoms with Crippen molar-refractivity contribution in [2.75, 3.05) is 19.1 Å². The van der Waals surface area contributed by atoms with Crippen LogP contribution in [0.4, 0.5) is 5.82 Å². The van der Waals surface area contributed by atoms with E-state index in [1.807, 2.05) is 7.05 Å². The van der Waals surface area contributed by atoms with Gasteiger partial charge in [0.1, 0.15) is 5.82 Å². The lowest BCUT2D eigenvalue weighted by Crippen LogP contribution is -2.39. The van der Waals surface area contributed by atoms with Crippen LogP contribution in [-0.4, -0.2) is 42.2 Å². The number of methoxy groups -OCH3 is 1. The first-order valence-electron chi connectivity index (χ1n) is 6.50. The Morgan fingerprint density at radius 1 is 1.37 bits per heavy atom. The second-order valence-electron chi connectivity index (χ2n) is 4.93. The van der Waals surface area contributed by atoms with Crippen LogP contribution in [0.25, 0.3) is 0 Å². The Hall–Kier alpha value is -1.69. The van der Waals surface area contributed by atoms with Crippen molar-refractivity contribution in [2.45, 2.75) is 37.8 Å². The molecule has 0 aromatic carbocycles. The summed E-state index contributed by atoms with van der Waals surface area (Å²) in [6, 6.07) is 0.721. The number of ether oxygens (including phenoxy) is 1. The molecule has 1 fully saturated rings. The highest BCUT2D eigenvalue weighted by atomic mass is 16.5. The summed E-state index contributed by atoms with van der Waals surface area (Å²) in [5.74, 6) is 0.233. The Morgan fingerprint density at radius 3 is 2.68 bits per heavy atom. The monoisotopic (exact) mass is 264 g/mol. The van der Waals surface area contributed by atoms with E-state index in [2.05, 4.69) is 19.6 Å². The highest BCUT2D eigenvalue weighted by Crippen LogP contribution is 2.24. The molecule has 1 aliphatic carbocycles. The second-order valence-corrected chi connectivity index (χ2v) is 4.93. The molecule has 2 rings (SSSR count). The smallest absolute Gasteiger partial charge is 0.358 e. The van der Waals surface area contributed by atoms with E-state index < -0.39 is 5.97 Å². The van der Waals surface area contributed by atoms with Gasteiger partial charge in [-0.3, -0.25) is 4.98 Å². The van der Waals surface area contributed by atoms with Crippen molar-refractivity contribution in [3.8, 4) is 0 Å². The van der Waals surface area contributed by atoms with Gasteiger partial charge < -0.3 is 15.4 Å². The molecule has 1 aliphatic rings. The molecule has 1 aromatic heterocycles. The minimum absolute atomic E-state index is 0.236. The zero-order valence-corrected chi connectivity index (χ0v) is 11.4. The molecule has 0 bridgehead atoms. The predicted molar refractivity (Wildman–Crippen MR) is 72.0 cm³/mol. The molecule has 2 N–H and O–H groups in total. The van der Waals surface area contributed by atoms with Gasteiger partial charge >= 0.3 is 5.97 Å². The number of carbonyl (C=O) groups is 1. The van der Waals surface area contributed by atoms with E-state index in [4.69, 9.17) is 5.73 Å². The molecule has 1 saturated carbocycles. The molecule has 6 heteroatoms. The van der Waals surface area contributed by atoms with Gasteiger partial charge in [0.15, 0.2) is 5.69 Å². The average molecular weight is 264 g/mol. The summed E-state index contributed by atoms with van der Waals surface area (Å²) in [5, 5.41) is 0. The molecule has 19 heavy (non-hydrogen) atoms. The van der Waals surface area contributed by atoms with E-state index in [1.54, 1.807) is 6.20 Å². The first kappa shape index (κ1) is 13.7. The molecule has 0 atom stereocenters. The molecule has 6 nitrogen and oxygen atoms in total. The standard InChI is InChI=1S/C13H20N4O2/c1-17(10-5-3-9(14)4-6-10)12-8-15-7-11(16-12)13(18)19-2/h7-10H,3-6,14H2,1-2H3. The fourth-order valence-electron chi connectivity index (χ4n) is 2.40. The second kappa shape index (κ2) is 5.97. The first-order chi connectivity index (χ1) is 9.11. The third-order valence-corrected chi connectivity index (χ3v) is 3.67. The highest BCUT2D eigenvalue weighted by Gasteiger charge is 2.23. The minimum Gasteiger partial charge on any atom is -0.464 e. The minimum atomic E-state index is -0.464. The van der Waals surface area contributed by atoms with Crippen LogP contribution in [-0.2, 0) is 4.74 Å². The van der Waals surface area contributed by atoms with Gasteiger partial charge in [0, 0.05) is 19.1 Å². The Bertz CT molecular complexity index is 444. The SMILES string of the molecule is COC(=O)c1cncc(N(C)C2CCC(N)CC2)n1.